The summed E-state index contributed by atoms with van der Waals surface area (Å²) in [6.45, 7) is 0. The van der Waals surface area contributed by atoms with Crippen LogP contribution in [0.1, 0.15) is 0 Å². The number of rotatable bonds is 2. The maximum atomic E-state index is 4.22. The normalized spacial score (nSPS) is 9.42. The van der Waals surface area contributed by atoms with E-state index in [-0.39, 0.29) is 20.1 Å². The predicted molar refractivity (Wildman–Crippen MR) is 106 cm³/mol. The van der Waals surface area contributed by atoms with Gasteiger partial charge in [0.25, 0.3) is 0 Å². The van der Waals surface area contributed by atoms with Crippen molar-refractivity contribution in [2.24, 2.45) is 0 Å². The molecule has 0 N–H and O–H groups in total. The Morgan fingerprint density at radius 2 is 1.31 bits per heavy atom. The molecule has 0 saturated carbocycles. The Kier molecular flexibility index (Phi) is 8.43. The maximum Gasteiger partial charge on any atom is 3.00 e. The van der Waals surface area contributed by atoms with Crippen molar-refractivity contribution in [2.75, 3.05) is 0 Å². The Bertz CT molecular complexity index is 842. The van der Waals surface area contributed by atoms with E-state index in [4.69, 9.17) is 0 Å². The van der Waals surface area contributed by atoms with E-state index in [1.807, 2.05) is 84.9 Å². The minimum atomic E-state index is 0. The molecule has 1 aromatic heterocycles. The van der Waals surface area contributed by atoms with Crippen LogP contribution in [0, 0.1) is 18.2 Å². The van der Waals surface area contributed by atoms with Gasteiger partial charge in [0.1, 0.15) is 0 Å². The van der Waals surface area contributed by atoms with Crippen molar-refractivity contribution < 1.29 is 20.1 Å². The molecular formula is C23H15BrIrN. The van der Waals surface area contributed by atoms with Crippen molar-refractivity contribution in [3.05, 3.63) is 114 Å². The minimum Gasteiger partial charge on any atom is -0.305 e. The van der Waals surface area contributed by atoms with Gasteiger partial charge in [-0.3, -0.25) is 0 Å². The molecular weight excluding hydrogens is 562 g/mol. The van der Waals surface area contributed by atoms with Crippen molar-refractivity contribution in [3.63, 3.8) is 0 Å². The molecule has 26 heavy (non-hydrogen) atoms. The number of pyridine rings is 1. The molecule has 128 valence electrons. The van der Waals surface area contributed by atoms with E-state index in [1.54, 1.807) is 6.20 Å². The molecule has 4 aromatic rings. The average Bonchev–Trinajstić information content (AvgIpc) is 2.71. The van der Waals surface area contributed by atoms with E-state index in [0.717, 1.165) is 26.9 Å². The third-order valence-corrected chi connectivity index (χ3v) is 3.92. The van der Waals surface area contributed by atoms with E-state index < -0.39 is 0 Å². The summed E-state index contributed by atoms with van der Waals surface area (Å²) in [4.78, 5) is 4.22. The predicted octanol–water partition coefficient (Wildman–Crippen LogP) is 6.26. The minimum absolute atomic E-state index is 0. The fourth-order valence-corrected chi connectivity index (χ4v) is 2.46. The number of benzene rings is 3. The van der Waals surface area contributed by atoms with Crippen LogP contribution >= 0.6 is 15.9 Å². The van der Waals surface area contributed by atoms with Crippen molar-refractivity contribution >= 4 is 15.9 Å². The van der Waals surface area contributed by atoms with Gasteiger partial charge >= 0.3 is 20.1 Å². The molecule has 4 rings (SSSR count). The standard InChI is InChI=1S/C12H7Br.C11H8N.Ir/c13-12-8-6-11(7-9-12)10-4-2-1-3-5-10;1-2-6-10(7-3-1)11-8-4-5-9-12-11;/h1-4,6,8-9H;1-6,8-9H;/q-2;-1;+3. The quantitative estimate of drug-likeness (QED) is 0.256. The van der Waals surface area contributed by atoms with Crippen LogP contribution in [0.2, 0.25) is 0 Å². The van der Waals surface area contributed by atoms with Crippen LogP contribution in [-0.2, 0) is 20.1 Å². The number of halogens is 1. The summed E-state index contributed by atoms with van der Waals surface area (Å²) in [5, 5.41) is 0. The third-order valence-electron chi connectivity index (χ3n) is 3.42. The third kappa shape index (κ3) is 6.03. The van der Waals surface area contributed by atoms with Gasteiger partial charge in [0, 0.05) is 6.20 Å². The Morgan fingerprint density at radius 3 is 1.85 bits per heavy atom. The van der Waals surface area contributed by atoms with Crippen LogP contribution in [0.25, 0.3) is 22.4 Å². The summed E-state index contributed by atoms with van der Waals surface area (Å²) in [5.74, 6) is 0. The number of hydrogen-bond donors (Lipinski definition) is 0. The second kappa shape index (κ2) is 10.8. The molecule has 0 spiro atoms. The van der Waals surface area contributed by atoms with Gasteiger partial charge in [0.2, 0.25) is 0 Å². The Balaban J connectivity index is 0.000000180. The zero-order valence-electron chi connectivity index (χ0n) is 13.8. The van der Waals surface area contributed by atoms with Crippen molar-refractivity contribution in [1.82, 2.24) is 4.98 Å². The van der Waals surface area contributed by atoms with Gasteiger partial charge in [0.15, 0.2) is 0 Å². The monoisotopic (exact) mass is 577 g/mol. The summed E-state index contributed by atoms with van der Waals surface area (Å²) in [6.07, 6.45) is 1.79. The number of hydrogen-bond acceptors (Lipinski definition) is 1. The Hall–Kier alpha value is -2.06. The second-order valence-electron chi connectivity index (χ2n) is 5.19. The van der Waals surface area contributed by atoms with Crippen molar-refractivity contribution in [2.45, 2.75) is 0 Å². The molecule has 0 amide bonds. The largest absolute Gasteiger partial charge is 3.00 e. The molecule has 1 heterocycles. The maximum absolute atomic E-state index is 4.22. The van der Waals surface area contributed by atoms with Gasteiger partial charge in [-0.15, -0.1) is 70.0 Å². The number of nitrogens with zero attached hydrogens (tertiary/aromatic N) is 1. The first-order valence-electron chi connectivity index (χ1n) is 7.85. The first-order chi connectivity index (χ1) is 12.3. The molecule has 0 aliphatic rings. The number of aromatic nitrogens is 1. The van der Waals surface area contributed by atoms with E-state index in [2.05, 4.69) is 39.1 Å². The van der Waals surface area contributed by atoms with Crippen LogP contribution in [0.15, 0.2) is 95.6 Å². The van der Waals surface area contributed by atoms with Crippen LogP contribution in [0.4, 0.5) is 0 Å². The van der Waals surface area contributed by atoms with E-state index >= 15 is 0 Å². The van der Waals surface area contributed by atoms with Crippen LogP contribution in [-0.4, -0.2) is 4.98 Å². The van der Waals surface area contributed by atoms with Gasteiger partial charge in [-0.25, -0.2) is 11.1 Å². The molecule has 0 bridgehead atoms. The summed E-state index contributed by atoms with van der Waals surface area (Å²) in [7, 11) is 0. The first kappa shape index (κ1) is 20.3. The summed E-state index contributed by atoms with van der Waals surface area (Å²) >= 11 is 3.38. The molecule has 0 radical (unpaired) electrons. The van der Waals surface area contributed by atoms with E-state index in [1.165, 1.54) is 0 Å². The van der Waals surface area contributed by atoms with Crippen LogP contribution < -0.4 is 0 Å². The SMILES string of the molecule is Brc1c[c-]c(-c2[c-]cccc2)cc1.[Ir+3].[c-]1ccccc1-c1ccccn1. The molecule has 3 heteroatoms. The molecule has 0 atom stereocenters. The van der Waals surface area contributed by atoms with Gasteiger partial charge < -0.3 is 4.98 Å². The molecule has 0 aliphatic carbocycles. The van der Waals surface area contributed by atoms with Crippen LogP contribution in [0.5, 0.6) is 0 Å². The molecule has 1 nitrogen and oxygen atoms in total. The smallest absolute Gasteiger partial charge is 0.305 e. The molecule has 3 aromatic carbocycles. The van der Waals surface area contributed by atoms with Crippen molar-refractivity contribution in [3.8, 4) is 22.4 Å². The second-order valence-corrected chi connectivity index (χ2v) is 6.10. The summed E-state index contributed by atoms with van der Waals surface area (Å²) < 4.78 is 1.05. The summed E-state index contributed by atoms with van der Waals surface area (Å²) in [5.41, 5.74) is 4.16. The van der Waals surface area contributed by atoms with Gasteiger partial charge in [-0.05, 0) is 11.8 Å². The fourth-order valence-electron chi connectivity index (χ4n) is 2.21. The zero-order chi connectivity index (χ0) is 17.3. The van der Waals surface area contributed by atoms with Gasteiger partial charge in [-0.1, -0.05) is 16.6 Å². The molecule has 0 unspecified atom stereocenters. The van der Waals surface area contributed by atoms with Crippen LogP contribution in [0.3, 0.4) is 0 Å². The van der Waals surface area contributed by atoms with E-state index in [9.17, 15) is 0 Å². The fraction of sp³-hybridized carbons (Fsp3) is 0. The van der Waals surface area contributed by atoms with E-state index in [0.29, 0.717) is 0 Å². The topological polar surface area (TPSA) is 12.9 Å². The molecule has 0 aliphatic heterocycles. The average molecular weight is 578 g/mol. The van der Waals surface area contributed by atoms with Gasteiger partial charge in [0.05, 0.1) is 0 Å². The van der Waals surface area contributed by atoms with Gasteiger partial charge in [-0.2, -0.15) is 36.4 Å². The summed E-state index contributed by atoms with van der Waals surface area (Å²) in [6, 6.07) is 37.0. The zero-order valence-corrected chi connectivity index (χ0v) is 17.8. The Morgan fingerprint density at radius 1 is 0.654 bits per heavy atom. The molecule has 0 fully saturated rings. The first-order valence-corrected chi connectivity index (χ1v) is 8.65. The Labute approximate surface area is 176 Å². The van der Waals surface area contributed by atoms with Crippen molar-refractivity contribution in [1.29, 1.82) is 0 Å². The molecule has 0 saturated heterocycles.